The zero-order valence-corrected chi connectivity index (χ0v) is 18.5. The van der Waals surface area contributed by atoms with Crippen molar-refractivity contribution in [1.82, 2.24) is 0 Å². The molecule has 1 aromatic rings. The molecule has 2 saturated carbocycles. The summed E-state index contributed by atoms with van der Waals surface area (Å²) in [5.41, 5.74) is 2.97. The Morgan fingerprint density at radius 3 is 1.68 bits per heavy atom. The Kier molecular flexibility index (Phi) is 6.17. The number of rotatable bonds is 6. The van der Waals surface area contributed by atoms with Crippen LogP contribution in [0.15, 0.2) is 12.1 Å². The largest absolute Gasteiger partial charge is 0.393 e. The first-order valence-electron chi connectivity index (χ1n) is 12.4. The van der Waals surface area contributed by atoms with Gasteiger partial charge in [-0.2, -0.15) is 0 Å². The standard InChI is InChI=1S/C25H38N2O4/c28-19-10-14-27(15-11-19)21-7-6-20(22(23(21)25(30)31)24(29)18-4-5-18)26-12-8-17(9-13-26)16-2-1-3-16/h6-7,16-19,24-25,28-31H,1-5,8-15H2. The molecule has 2 aliphatic carbocycles. The smallest absolute Gasteiger partial charge is 0.180 e. The van der Waals surface area contributed by atoms with Crippen LogP contribution in [-0.4, -0.2) is 52.7 Å². The highest BCUT2D eigenvalue weighted by Crippen LogP contribution is 2.49. The van der Waals surface area contributed by atoms with E-state index in [9.17, 15) is 20.4 Å². The lowest BCUT2D eigenvalue weighted by atomic mass is 9.72. The molecular weight excluding hydrogens is 392 g/mol. The molecule has 0 radical (unpaired) electrons. The van der Waals surface area contributed by atoms with Crippen molar-refractivity contribution in [2.24, 2.45) is 17.8 Å². The fourth-order valence-electron chi connectivity index (χ4n) is 6.02. The summed E-state index contributed by atoms with van der Waals surface area (Å²) in [5, 5.41) is 42.0. The fraction of sp³-hybridized carbons (Fsp3) is 0.760. The van der Waals surface area contributed by atoms with Gasteiger partial charge in [0.05, 0.1) is 12.2 Å². The van der Waals surface area contributed by atoms with Crippen LogP contribution in [0.25, 0.3) is 0 Å². The van der Waals surface area contributed by atoms with Crippen LogP contribution in [0.2, 0.25) is 0 Å². The SMILES string of the molecule is OC1CCN(c2ccc(N3CCC(C4CCC4)CC3)c(C(O)C3CC3)c2C(O)O)CC1. The van der Waals surface area contributed by atoms with E-state index in [1.165, 1.54) is 32.1 Å². The van der Waals surface area contributed by atoms with Gasteiger partial charge in [0.2, 0.25) is 0 Å². The van der Waals surface area contributed by atoms with E-state index in [1.54, 1.807) is 0 Å². The number of hydrogen-bond donors (Lipinski definition) is 4. The van der Waals surface area contributed by atoms with Gasteiger partial charge in [0.25, 0.3) is 0 Å². The first-order valence-corrected chi connectivity index (χ1v) is 12.4. The molecule has 4 fully saturated rings. The molecule has 172 valence electrons. The number of aliphatic hydroxyl groups is 4. The van der Waals surface area contributed by atoms with E-state index >= 15 is 0 Å². The summed E-state index contributed by atoms with van der Waals surface area (Å²) in [6.07, 6.45) is 7.30. The van der Waals surface area contributed by atoms with Crippen molar-refractivity contribution in [3.63, 3.8) is 0 Å². The predicted molar refractivity (Wildman–Crippen MR) is 121 cm³/mol. The second-order valence-corrected chi connectivity index (χ2v) is 10.3. The van der Waals surface area contributed by atoms with Crippen molar-refractivity contribution >= 4 is 11.4 Å². The first-order chi connectivity index (χ1) is 15.0. The summed E-state index contributed by atoms with van der Waals surface area (Å²) >= 11 is 0. The number of aliphatic hydroxyl groups excluding tert-OH is 3. The van der Waals surface area contributed by atoms with E-state index in [0.29, 0.717) is 31.5 Å². The van der Waals surface area contributed by atoms with E-state index in [0.717, 1.165) is 54.7 Å². The molecule has 0 bridgehead atoms. The Hall–Kier alpha value is -1.34. The molecule has 6 heteroatoms. The van der Waals surface area contributed by atoms with Crippen LogP contribution in [0.5, 0.6) is 0 Å². The van der Waals surface area contributed by atoms with E-state index in [-0.39, 0.29) is 12.0 Å². The topological polar surface area (TPSA) is 87.4 Å². The van der Waals surface area contributed by atoms with Crippen molar-refractivity contribution < 1.29 is 20.4 Å². The molecule has 1 atom stereocenters. The van der Waals surface area contributed by atoms with Gasteiger partial charge in [0.15, 0.2) is 6.29 Å². The number of nitrogens with zero attached hydrogens (tertiary/aromatic N) is 2. The predicted octanol–water partition coefficient (Wildman–Crippen LogP) is 3.09. The summed E-state index contributed by atoms with van der Waals surface area (Å²) in [5.74, 6) is 1.94. The lowest BCUT2D eigenvalue weighted by molar-refractivity contribution is -0.0443. The molecule has 4 aliphatic rings. The molecular formula is C25H38N2O4. The number of anilines is 2. The molecule has 0 spiro atoms. The molecule has 2 saturated heterocycles. The minimum Gasteiger partial charge on any atom is -0.393 e. The Bertz CT molecular complexity index is 761. The van der Waals surface area contributed by atoms with Gasteiger partial charge in [-0.3, -0.25) is 0 Å². The Morgan fingerprint density at radius 1 is 0.677 bits per heavy atom. The van der Waals surface area contributed by atoms with Crippen molar-refractivity contribution in [3.8, 4) is 0 Å². The Labute approximate surface area is 185 Å². The van der Waals surface area contributed by atoms with Crippen molar-refractivity contribution in [3.05, 3.63) is 23.3 Å². The van der Waals surface area contributed by atoms with E-state index in [4.69, 9.17) is 0 Å². The molecule has 2 aliphatic heterocycles. The fourth-order valence-corrected chi connectivity index (χ4v) is 6.02. The van der Waals surface area contributed by atoms with Crippen LogP contribution in [-0.2, 0) is 0 Å². The van der Waals surface area contributed by atoms with Crippen molar-refractivity contribution in [2.45, 2.75) is 76.3 Å². The van der Waals surface area contributed by atoms with Gasteiger partial charge in [0, 0.05) is 48.7 Å². The van der Waals surface area contributed by atoms with Crippen LogP contribution in [0, 0.1) is 17.8 Å². The van der Waals surface area contributed by atoms with Gasteiger partial charge in [0.1, 0.15) is 0 Å². The molecule has 6 nitrogen and oxygen atoms in total. The second-order valence-electron chi connectivity index (χ2n) is 10.3. The highest BCUT2D eigenvalue weighted by molar-refractivity contribution is 5.69. The van der Waals surface area contributed by atoms with Crippen LogP contribution in [0.3, 0.4) is 0 Å². The van der Waals surface area contributed by atoms with Gasteiger partial charge in [-0.05, 0) is 68.4 Å². The average Bonchev–Trinajstić information content (AvgIpc) is 3.57. The van der Waals surface area contributed by atoms with Crippen molar-refractivity contribution in [2.75, 3.05) is 36.0 Å². The van der Waals surface area contributed by atoms with Gasteiger partial charge >= 0.3 is 0 Å². The maximum Gasteiger partial charge on any atom is 0.180 e. The first kappa shape index (κ1) is 21.5. The van der Waals surface area contributed by atoms with Gasteiger partial charge in [-0.1, -0.05) is 19.3 Å². The molecule has 1 aromatic carbocycles. The summed E-state index contributed by atoms with van der Waals surface area (Å²) in [4.78, 5) is 4.50. The monoisotopic (exact) mass is 430 g/mol. The van der Waals surface area contributed by atoms with Gasteiger partial charge in [-0.25, -0.2) is 0 Å². The second kappa shape index (κ2) is 8.89. The quantitative estimate of drug-likeness (QED) is 0.519. The number of hydrogen-bond acceptors (Lipinski definition) is 6. The van der Waals surface area contributed by atoms with Crippen LogP contribution in [0.4, 0.5) is 11.4 Å². The van der Waals surface area contributed by atoms with Crippen molar-refractivity contribution in [1.29, 1.82) is 0 Å². The minimum atomic E-state index is -1.63. The molecule has 0 aromatic heterocycles. The van der Waals surface area contributed by atoms with E-state index in [2.05, 4.69) is 15.9 Å². The third-order valence-electron chi connectivity index (χ3n) is 8.37. The molecule has 0 amide bonds. The van der Waals surface area contributed by atoms with Crippen LogP contribution < -0.4 is 9.80 Å². The molecule has 1 unspecified atom stereocenters. The summed E-state index contributed by atoms with van der Waals surface area (Å²) in [6.45, 7) is 3.32. The zero-order chi connectivity index (χ0) is 21.5. The summed E-state index contributed by atoms with van der Waals surface area (Å²) in [6, 6.07) is 4.10. The normalized spacial score (nSPS) is 25.2. The third-order valence-corrected chi connectivity index (χ3v) is 8.37. The molecule has 2 heterocycles. The number of piperidine rings is 2. The highest BCUT2D eigenvalue weighted by Gasteiger charge is 2.38. The molecule has 5 rings (SSSR count). The molecule has 31 heavy (non-hydrogen) atoms. The Morgan fingerprint density at radius 2 is 1.19 bits per heavy atom. The summed E-state index contributed by atoms with van der Waals surface area (Å²) < 4.78 is 0. The highest BCUT2D eigenvalue weighted by atomic mass is 16.5. The minimum absolute atomic E-state index is 0.210. The maximum absolute atomic E-state index is 11.2. The van der Waals surface area contributed by atoms with Crippen LogP contribution in [0.1, 0.15) is 81.3 Å². The third kappa shape index (κ3) is 4.32. The van der Waals surface area contributed by atoms with Crippen LogP contribution >= 0.6 is 0 Å². The lowest BCUT2D eigenvalue weighted by Crippen LogP contribution is -2.39. The Balaban J connectivity index is 1.46. The lowest BCUT2D eigenvalue weighted by Gasteiger charge is -2.42. The van der Waals surface area contributed by atoms with E-state index < -0.39 is 12.4 Å². The summed E-state index contributed by atoms with van der Waals surface area (Å²) in [7, 11) is 0. The average molecular weight is 431 g/mol. The van der Waals surface area contributed by atoms with E-state index in [1.807, 2.05) is 6.07 Å². The zero-order valence-electron chi connectivity index (χ0n) is 18.5. The van der Waals surface area contributed by atoms with Gasteiger partial charge in [-0.15, -0.1) is 0 Å². The number of benzene rings is 1. The maximum atomic E-state index is 11.2. The van der Waals surface area contributed by atoms with Gasteiger partial charge < -0.3 is 30.2 Å². The molecule has 4 N–H and O–H groups in total.